The minimum absolute atomic E-state index is 0.569. The molecule has 0 spiro atoms. The van der Waals surface area contributed by atoms with Crippen molar-refractivity contribution in [1.82, 2.24) is 9.78 Å². The fraction of sp³-hybridized carbons (Fsp3) is 0.500. The van der Waals surface area contributed by atoms with Gasteiger partial charge in [-0.15, -0.1) is 0 Å². The summed E-state index contributed by atoms with van der Waals surface area (Å²) in [6.07, 6.45) is 3.77. The smallest absolute Gasteiger partial charge is 0.0873 e. The van der Waals surface area contributed by atoms with Gasteiger partial charge in [-0.2, -0.15) is 5.10 Å². The molecular weight excluding hydrogens is 124 g/mol. The molecule has 1 aromatic rings. The summed E-state index contributed by atoms with van der Waals surface area (Å²) in [4.78, 5) is 0. The molecule has 0 fully saturated rings. The Balaban J connectivity index is 2.68. The molecule has 55 valence electrons. The third kappa shape index (κ3) is 1.38. The van der Waals surface area contributed by atoms with Crippen LogP contribution in [-0.2, 0) is 0 Å². The Morgan fingerprint density at radius 2 is 2.20 bits per heavy atom. The predicted octanol–water partition coefficient (Wildman–Crippen LogP) is 1.94. The summed E-state index contributed by atoms with van der Waals surface area (Å²) in [7, 11) is 0. The summed E-state index contributed by atoms with van der Waals surface area (Å²) in [5.41, 5.74) is 0. The van der Waals surface area contributed by atoms with Crippen LogP contribution in [0.2, 0.25) is 0 Å². The van der Waals surface area contributed by atoms with Crippen LogP contribution in [0, 0.1) is 12.0 Å². The predicted molar refractivity (Wildman–Crippen MR) is 41.4 cm³/mol. The van der Waals surface area contributed by atoms with Crippen LogP contribution in [0.5, 0.6) is 0 Å². The first-order valence-corrected chi connectivity index (χ1v) is 3.55. The van der Waals surface area contributed by atoms with Crippen LogP contribution < -0.4 is 0 Å². The average molecular weight is 137 g/mol. The first-order valence-electron chi connectivity index (χ1n) is 3.55. The van der Waals surface area contributed by atoms with Crippen LogP contribution in [-0.4, -0.2) is 9.78 Å². The van der Waals surface area contributed by atoms with Crippen molar-refractivity contribution in [3.8, 4) is 0 Å². The van der Waals surface area contributed by atoms with E-state index in [-0.39, 0.29) is 0 Å². The molecule has 0 aliphatic heterocycles. The van der Waals surface area contributed by atoms with Crippen LogP contribution >= 0.6 is 0 Å². The molecule has 10 heavy (non-hydrogen) atoms. The second kappa shape index (κ2) is 2.86. The molecule has 2 heteroatoms. The molecule has 0 aliphatic carbocycles. The second-order valence-electron chi connectivity index (χ2n) is 2.75. The Morgan fingerprint density at radius 3 is 2.60 bits per heavy atom. The van der Waals surface area contributed by atoms with E-state index in [1.807, 2.05) is 16.9 Å². The van der Waals surface area contributed by atoms with E-state index >= 15 is 0 Å². The third-order valence-electron chi connectivity index (χ3n) is 1.70. The zero-order chi connectivity index (χ0) is 7.56. The SMILES string of the molecule is C[C](C(C)C)n1cccn1. The zero-order valence-corrected chi connectivity index (χ0v) is 6.70. The first kappa shape index (κ1) is 7.32. The molecule has 0 aliphatic rings. The lowest BCUT2D eigenvalue weighted by Crippen LogP contribution is -2.12. The molecule has 0 aromatic carbocycles. The van der Waals surface area contributed by atoms with Gasteiger partial charge in [0.05, 0.1) is 6.04 Å². The lowest BCUT2D eigenvalue weighted by molar-refractivity contribution is 0.541. The maximum absolute atomic E-state index is 4.12. The second-order valence-corrected chi connectivity index (χ2v) is 2.75. The maximum Gasteiger partial charge on any atom is 0.0873 e. The van der Waals surface area contributed by atoms with Crippen molar-refractivity contribution in [2.45, 2.75) is 20.8 Å². The third-order valence-corrected chi connectivity index (χ3v) is 1.70. The first-order chi connectivity index (χ1) is 4.72. The summed E-state index contributed by atoms with van der Waals surface area (Å²) in [5.74, 6) is 0.569. The fourth-order valence-electron chi connectivity index (χ4n) is 0.742. The lowest BCUT2D eigenvalue weighted by atomic mass is 10.1. The van der Waals surface area contributed by atoms with E-state index in [0.717, 1.165) is 0 Å². The average Bonchev–Trinajstić information content (AvgIpc) is 2.36. The quantitative estimate of drug-likeness (QED) is 0.609. The molecule has 0 saturated carbocycles. The Kier molecular flexibility index (Phi) is 2.10. The van der Waals surface area contributed by atoms with E-state index in [1.54, 1.807) is 6.20 Å². The molecule has 0 saturated heterocycles. The van der Waals surface area contributed by atoms with Crippen LogP contribution in [0.15, 0.2) is 18.5 Å². The highest BCUT2D eigenvalue weighted by Gasteiger charge is 2.08. The molecule has 1 rings (SSSR count). The summed E-state index contributed by atoms with van der Waals surface area (Å²) in [5, 5.41) is 4.12. The summed E-state index contributed by atoms with van der Waals surface area (Å²) < 4.78 is 1.91. The number of nitrogens with zero attached hydrogens (tertiary/aromatic N) is 2. The van der Waals surface area contributed by atoms with Crippen molar-refractivity contribution in [3.05, 3.63) is 24.5 Å². The molecule has 1 heterocycles. The normalized spacial score (nSPS) is 11.3. The standard InChI is InChI=1S/C8H13N2/c1-7(2)8(3)10-6-4-5-9-10/h4-7H,1-3H3. The van der Waals surface area contributed by atoms with E-state index in [1.165, 1.54) is 6.04 Å². The van der Waals surface area contributed by atoms with E-state index < -0.39 is 0 Å². The monoisotopic (exact) mass is 137 g/mol. The van der Waals surface area contributed by atoms with Crippen LogP contribution in [0.25, 0.3) is 0 Å². The Hall–Kier alpha value is -0.790. The largest absolute Gasteiger partial charge is 0.264 e. The number of hydrogen-bond donors (Lipinski definition) is 0. The Bertz CT molecular complexity index is 177. The molecule has 1 radical (unpaired) electrons. The van der Waals surface area contributed by atoms with Gasteiger partial charge in [-0.3, -0.25) is 4.68 Å². The van der Waals surface area contributed by atoms with Gasteiger partial charge < -0.3 is 0 Å². The molecule has 0 N–H and O–H groups in total. The summed E-state index contributed by atoms with van der Waals surface area (Å²) >= 11 is 0. The highest BCUT2D eigenvalue weighted by atomic mass is 15.3. The Labute approximate surface area is 61.9 Å². The van der Waals surface area contributed by atoms with Crippen LogP contribution in [0.1, 0.15) is 20.8 Å². The van der Waals surface area contributed by atoms with Crippen molar-refractivity contribution in [2.24, 2.45) is 5.92 Å². The summed E-state index contributed by atoms with van der Waals surface area (Å²) in [6, 6.07) is 3.22. The topological polar surface area (TPSA) is 17.8 Å². The van der Waals surface area contributed by atoms with Gasteiger partial charge in [0.1, 0.15) is 0 Å². The zero-order valence-electron chi connectivity index (χ0n) is 6.70. The molecule has 0 amide bonds. The van der Waals surface area contributed by atoms with Gasteiger partial charge in [0, 0.05) is 12.4 Å². The molecular formula is C8H13N2. The number of aromatic nitrogens is 2. The van der Waals surface area contributed by atoms with Gasteiger partial charge in [0.15, 0.2) is 0 Å². The van der Waals surface area contributed by atoms with Gasteiger partial charge in [-0.1, -0.05) is 13.8 Å². The van der Waals surface area contributed by atoms with Gasteiger partial charge in [-0.25, -0.2) is 0 Å². The maximum atomic E-state index is 4.12. The van der Waals surface area contributed by atoms with Crippen LogP contribution in [0.4, 0.5) is 0 Å². The highest BCUT2D eigenvalue weighted by molar-refractivity contribution is 4.93. The van der Waals surface area contributed by atoms with Crippen LogP contribution in [0.3, 0.4) is 0 Å². The number of hydrogen-bond acceptors (Lipinski definition) is 1. The van der Waals surface area contributed by atoms with Gasteiger partial charge >= 0.3 is 0 Å². The molecule has 1 aromatic heterocycles. The van der Waals surface area contributed by atoms with Gasteiger partial charge in [0.2, 0.25) is 0 Å². The van der Waals surface area contributed by atoms with Gasteiger partial charge in [0.25, 0.3) is 0 Å². The minimum Gasteiger partial charge on any atom is -0.264 e. The highest BCUT2D eigenvalue weighted by Crippen LogP contribution is 2.12. The lowest BCUT2D eigenvalue weighted by Gasteiger charge is -2.13. The van der Waals surface area contributed by atoms with Crippen molar-refractivity contribution < 1.29 is 0 Å². The van der Waals surface area contributed by atoms with Crippen molar-refractivity contribution >= 4 is 0 Å². The molecule has 0 bridgehead atoms. The van der Waals surface area contributed by atoms with Crippen molar-refractivity contribution in [1.29, 1.82) is 0 Å². The molecule has 0 atom stereocenters. The minimum atomic E-state index is 0.569. The van der Waals surface area contributed by atoms with Crippen molar-refractivity contribution in [2.75, 3.05) is 0 Å². The van der Waals surface area contributed by atoms with Gasteiger partial charge in [-0.05, 0) is 18.9 Å². The summed E-state index contributed by atoms with van der Waals surface area (Å²) in [6.45, 7) is 6.42. The fourth-order valence-corrected chi connectivity index (χ4v) is 0.742. The number of rotatable bonds is 2. The van der Waals surface area contributed by atoms with E-state index in [0.29, 0.717) is 5.92 Å². The molecule has 0 unspecified atom stereocenters. The van der Waals surface area contributed by atoms with Crippen molar-refractivity contribution in [3.63, 3.8) is 0 Å². The van der Waals surface area contributed by atoms with E-state index in [9.17, 15) is 0 Å². The van der Waals surface area contributed by atoms with E-state index in [4.69, 9.17) is 0 Å². The molecule has 2 nitrogen and oxygen atoms in total. The van der Waals surface area contributed by atoms with E-state index in [2.05, 4.69) is 25.9 Å². The Morgan fingerprint density at radius 1 is 1.50 bits per heavy atom.